The first kappa shape index (κ1) is 9.66. The van der Waals surface area contributed by atoms with Crippen LogP contribution in [0.3, 0.4) is 0 Å². The van der Waals surface area contributed by atoms with Gasteiger partial charge in [0.05, 0.1) is 6.33 Å². The van der Waals surface area contributed by atoms with Crippen molar-refractivity contribution in [3.63, 3.8) is 0 Å². The molecule has 16 heavy (non-hydrogen) atoms. The van der Waals surface area contributed by atoms with Gasteiger partial charge in [0.25, 0.3) is 0 Å². The number of thioether (sulfide) groups is 1. The van der Waals surface area contributed by atoms with Gasteiger partial charge in [-0.3, -0.25) is 4.99 Å². The summed E-state index contributed by atoms with van der Waals surface area (Å²) in [5.74, 6) is 1.08. The number of rotatable bonds is 2. The Labute approximate surface area is 98.2 Å². The fraction of sp³-hybridized carbons (Fsp3) is 0.167. The monoisotopic (exact) mass is 229 g/mol. The first-order chi connectivity index (χ1) is 7.93. The fourth-order valence-corrected chi connectivity index (χ4v) is 2.48. The van der Waals surface area contributed by atoms with E-state index < -0.39 is 0 Å². The van der Waals surface area contributed by atoms with Gasteiger partial charge in [0.2, 0.25) is 0 Å². The van der Waals surface area contributed by atoms with Crippen molar-refractivity contribution in [3.8, 4) is 5.69 Å². The van der Waals surface area contributed by atoms with Crippen molar-refractivity contribution in [2.45, 2.75) is 0 Å². The van der Waals surface area contributed by atoms with Gasteiger partial charge in [0.15, 0.2) is 0 Å². The van der Waals surface area contributed by atoms with Gasteiger partial charge < -0.3 is 4.57 Å². The maximum Gasteiger partial charge on any atom is 0.118 e. The predicted molar refractivity (Wildman–Crippen MR) is 67.4 cm³/mol. The molecule has 0 spiro atoms. The molecular weight excluding hydrogens is 218 g/mol. The molecule has 3 nitrogen and oxygen atoms in total. The molecule has 0 radical (unpaired) electrons. The first-order valence-corrected chi connectivity index (χ1v) is 6.19. The molecule has 0 aliphatic carbocycles. The van der Waals surface area contributed by atoms with E-state index in [1.807, 2.05) is 35.3 Å². The third-order valence-electron chi connectivity index (χ3n) is 2.44. The number of para-hydroxylation sites is 1. The Morgan fingerprint density at radius 3 is 2.81 bits per heavy atom. The van der Waals surface area contributed by atoms with Crippen LogP contribution in [0.1, 0.15) is 5.69 Å². The van der Waals surface area contributed by atoms with Gasteiger partial charge in [0.1, 0.15) is 10.7 Å². The number of nitrogens with zero attached hydrogens (tertiary/aromatic N) is 3. The van der Waals surface area contributed by atoms with Crippen LogP contribution in [0.25, 0.3) is 5.69 Å². The van der Waals surface area contributed by atoms with E-state index in [4.69, 9.17) is 0 Å². The van der Waals surface area contributed by atoms with Gasteiger partial charge in [0, 0.05) is 24.2 Å². The summed E-state index contributed by atoms with van der Waals surface area (Å²) in [4.78, 5) is 8.80. The van der Waals surface area contributed by atoms with E-state index in [1.165, 1.54) is 0 Å². The lowest BCUT2D eigenvalue weighted by atomic mass is 10.3. The van der Waals surface area contributed by atoms with E-state index in [0.29, 0.717) is 0 Å². The second kappa shape index (κ2) is 4.14. The van der Waals surface area contributed by atoms with Crippen LogP contribution in [-0.4, -0.2) is 26.9 Å². The van der Waals surface area contributed by atoms with Crippen LogP contribution < -0.4 is 0 Å². The third-order valence-corrected chi connectivity index (χ3v) is 3.44. The molecule has 0 saturated carbocycles. The van der Waals surface area contributed by atoms with Crippen molar-refractivity contribution in [1.29, 1.82) is 0 Å². The average molecular weight is 229 g/mol. The molecule has 2 aromatic rings. The highest BCUT2D eigenvalue weighted by Gasteiger charge is 2.12. The second-order valence-electron chi connectivity index (χ2n) is 3.54. The standard InChI is InChI=1S/C12H11N3S/c1-2-4-10(5-3-1)15-8-11(14-9-15)12-13-6-7-16-12/h1-5,8-9H,6-7H2. The molecule has 1 aliphatic rings. The zero-order valence-electron chi connectivity index (χ0n) is 8.71. The highest BCUT2D eigenvalue weighted by molar-refractivity contribution is 8.14. The minimum Gasteiger partial charge on any atom is -0.306 e. The van der Waals surface area contributed by atoms with E-state index in [1.54, 1.807) is 11.8 Å². The van der Waals surface area contributed by atoms with E-state index in [0.717, 1.165) is 28.7 Å². The normalized spacial score (nSPS) is 15.1. The summed E-state index contributed by atoms with van der Waals surface area (Å²) < 4.78 is 2.02. The number of hydrogen-bond acceptors (Lipinski definition) is 3. The van der Waals surface area contributed by atoms with Crippen molar-refractivity contribution in [1.82, 2.24) is 9.55 Å². The Balaban J connectivity index is 1.94. The molecule has 1 aliphatic heterocycles. The largest absolute Gasteiger partial charge is 0.306 e. The molecule has 0 fully saturated rings. The quantitative estimate of drug-likeness (QED) is 0.791. The van der Waals surface area contributed by atoms with E-state index in [-0.39, 0.29) is 0 Å². The molecule has 0 atom stereocenters. The molecule has 0 saturated heterocycles. The zero-order valence-corrected chi connectivity index (χ0v) is 9.52. The Morgan fingerprint density at radius 2 is 2.06 bits per heavy atom. The van der Waals surface area contributed by atoms with Crippen LogP contribution in [0.2, 0.25) is 0 Å². The van der Waals surface area contributed by atoms with Crippen LogP contribution in [0.15, 0.2) is 47.8 Å². The van der Waals surface area contributed by atoms with Crippen LogP contribution in [0, 0.1) is 0 Å². The molecule has 3 rings (SSSR count). The summed E-state index contributed by atoms with van der Waals surface area (Å²) >= 11 is 1.78. The first-order valence-electron chi connectivity index (χ1n) is 5.20. The van der Waals surface area contributed by atoms with Crippen LogP contribution in [0.5, 0.6) is 0 Å². The molecule has 80 valence electrons. The summed E-state index contributed by atoms with van der Waals surface area (Å²) in [5, 5.41) is 1.06. The van der Waals surface area contributed by atoms with Crippen LogP contribution in [-0.2, 0) is 0 Å². The lowest BCUT2D eigenvalue weighted by molar-refractivity contribution is 1.06. The minimum absolute atomic E-state index is 0.915. The van der Waals surface area contributed by atoms with Crippen molar-refractivity contribution in [2.24, 2.45) is 4.99 Å². The van der Waals surface area contributed by atoms with Crippen molar-refractivity contribution in [2.75, 3.05) is 12.3 Å². The molecule has 0 bridgehead atoms. The van der Waals surface area contributed by atoms with Crippen LogP contribution in [0.4, 0.5) is 0 Å². The lowest BCUT2D eigenvalue weighted by Gasteiger charge is -1.99. The average Bonchev–Trinajstić information content (AvgIpc) is 3.01. The molecule has 0 amide bonds. The Bertz CT molecular complexity index is 516. The molecule has 4 heteroatoms. The Hall–Kier alpha value is -1.55. The van der Waals surface area contributed by atoms with Crippen molar-refractivity contribution >= 4 is 16.8 Å². The van der Waals surface area contributed by atoms with Gasteiger partial charge in [-0.2, -0.15) is 0 Å². The van der Waals surface area contributed by atoms with E-state index in [2.05, 4.69) is 22.1 Å². The van der Waals surface area contributed by atoms with Crippen molar-refractivity contribution < 1.29 is 0 Å². The predicted octanol–water partition coefficient (Wildman–Crippen LogP) is 2.37. The number of hydrogen-bond donors (Lipinski definition) is 0. The molecular formula is C12H11N3S. The summed E-state index contributed by atoms with van der Waals surface area (Å²) in [5.41, 5.74) is 2.11. The maximum atomic E-state index is 4.42. The van der Waals surface area contributed by atoms with E-state index >= 15 is 0 Å². The highest BCUT2D eigenvalue weighted by atomic mass is 32.2. The summed E-state index contributed by atoms with van der Waals surface area (Å²) in [6.07, 6.45) is 3.87. The van der Waals surface area contributed by atoms with Gasteiger partial charge in [-0.25, -0.2) is 4.98 Å². The molecule has 1 aromatic heterocycles. The van der Waals surface area contributed by atoms with Gasteiger partial charge in [-0.05, 0) is 12.1 Å². The number of benzene rings is 1. The van der Waals surface area contributed by atoms with Gasteiger partial charge in [-0.1, -0.05) is 18.2 Å². The van der Waals surface area contributed by atoms with E-state index in [9.17, 15) is 0 Å². The lowest BCUT2D eigenvalue weighted by Crippen LogP contribution is -1.92. The van der Waals surface area contributed by atoms with Crippen molar-refractivity contribution in [3.05, 3.63) is 48.5 Å². The third kappa shape index (κ3) is 1.76. The highest BCUT2D eigenvalue weighted by Crippen LogP contribution is 2.18. The SMILES string of the molecule is c1ccc(-n2cnc(C3=NCCS3)c2)cc1. The zero-order chi connectivity index (χ0) is 10.8. The smallest absolute Gasteiger partial charge is 0.118 e. The number of aliphatic imine (C=N–C) groups is 1. The maximum absolute atomic E-state index is 4.42. The molecule has 0 unspecified atom stereocenters. The number of imidazole rings is 1. The van der Waals surface area contributed by atoms with Crippen LogP contribution >= 0.6 is 11.8 Å². The molecule has 2 heterocycles. The Kier molecular flexibility index (Phi) is 2.50. The number of aromatic nitrogens is 2. The molecule has 1 aromatic carbocycles. The summed E-state index contributed by atoms with van der Waals surface area (Å²) in [6.45, 7) is 0.915. The topological polar surface area (TPSA) is 30.2 Å². The minimum atomic E-state index is 0.915. The van der Waals surface area contributed by atoms with Gasteiger partial charge in [-0.15, -0.1) is 11.8 Å². The summed E-state index contributed by atoms with van der Waals surface area (Å²) in [7, 11) is 0. The fourth-order valence-electron chi connectivity index (χ4n) is 1.66. The summed E-state index contributed by atoms with van der Waals surface area (Å²) in [6, 6.07) is 10.2. The molecule has 0 N–H and O–H groups in total. The van der Waals surface area contributed by atoms with Gasteiger partial charge >= 0.3 is 0 Å². The Morgan fingerprint density at radius 1 is 1.19 bits per heavy atom. The second-order valence-corrected chi connectivity index (χ2v) is 4.62.